The first-order valence-electron chi connectivity index (χ1n) is 13.5. The maximum absolute atomic E-state index is 13.2. The largest absolute Gasteiger partial charge is 1.00 e. The summed E-state index contributed by atoms with van der Waals surface area (Å²) in [6, 6.07) is 35.4. The van der Waals surface area contributed by atoms with Crippen LogP contribution < -0.4 is 26.3 Å². The monoisotopic (exact) mass is 618 g/mol. The Bertz CT molecular complexity index is 1920. The number of para-hydroxylation sites is 4. The minimum Gasteiger partial charge on any atom is -1.00 e. The number of methoxy groups -OCH3 is 1. The van der Waals surface area contributed by atoms with Gasteiger partial charge in [-0.25, -0.2) is 9.13 Å². The van der Waals surface area contributed by atoms with Crippen LogP contribution in [0.1, 0.15) is 21.9 Å². The summed E-state index contributed by atoms with van der Waals surface area (Å²) in [5.74, 6) is 2.23. The number of allylic oxidation sites excluding steroid dienone is 1. The summed E-state index contributed by atoms with van der Waals surface area (Å²) in [6.45, 7) is 0.775. The number of furan rings is 2. The van der Waals surface area contributed by atoms with Gasteiger partial charge in [0.05, 0.1) is 12.7 Å². The lowest BCUT2D eigenvalue weighted by molar-refractivity contribution is -0.657. The molecule has 0 spiro atoms. The van der Waals surface area contributed by atoms with Gasteiger partial charge >= 0.3 is 0 Å². The molecule has 0 radical (unpaired) electrons. The third-order valence-electron chi connectivity index (χ3n) is 7.38. The molecule has 6 nitrogen and oxygen atoms in total. The van der Waals surface area contributed by atoms with Crippen LogP contribution in [0.3, 0.4) is 0 Å². The Balaban J connectivity index is 0.00000316. The Morgan fingerprint density at radius 1 is 0.810 bits per heavy atom. The number of ether oxygens (including phenoxy) is 1. The van der Waals surface area contributed by atoms with Crippen LogP contribution in [0.4, 0.5) is 0 Å². The smallest absolute Gasteiger partial charge is 0.245 e. The number of hydrogen-bond donors (Lipinski definition) is 0. The van der Waals surface area contributed by atoms with Crippen LogP contribution in [0.5, 0.6) is 5.75 Å². The summed E-state index contributed by atoms with van der Waals surface area (Å²) in [4.78, 5) is 13.2. The number of ketones is 1. The van der Waals surface area contributed by atoms with Crippen molar-refractivity contribution in [2.24, 2.45) is 0 Å². The number of carbonyl (C=O) groups excluding carboxylic acids is 1. The molecule has 0 aliphatic carbocycles. The first-order valence-corrected chi connectivity index (χ1v) is 13.5. The Hall–Kier alpha value is -4.88. The van der Waals surface area contributed by atoms with Gasteiger partial charge in [-0.2, -0.15) is 0 Å². The summed E-state index contributed by atoms with van der Waals surface area (Å²) in [7, 11) is 1.61. The molecule has 0 unspecified atom stereocenters. The van der Waals surface area contributed by atoms with Crippen LogP contribution >= 0.6 is 0 Å². The Kier molecular flexibility index (Phi) is 7.50. The predicted molar refractivity (Wildman–Crippen MR) is 159 cm³/mol. The molecule has 7 rings (SSSR count). The van der Waals surface area contributed by atoms with E-state index in [1.54, 1.807) is 19.2 Å². The molecule has 0 saturated heterocycles. The van der Waals surface area contributed by atoms with E-state index >= 15 is 0 Å². The van der Waals surface area contributed by atoms with Gasteiger partial charge in [0, 0.05) is 16.3 Å². The highest BCUT2D eigenvalue weighted by molar-refractivity contribution is 5.95. The minimum atomic E-state index is 0. The first-order chi connectivity index (χ1) is 20.2. The molecule has 0 aliphatic heterocycles. The van der Waals surface area contributed by atoms with E-state index in [4.69, 9.17) is 13.6 Å². The fraction of sp³-hybridized carbons (Fsp3) is 0.0857. The van der Waals surface area contributed by atoms with Crippen molar-refractivity contribution in [3.63, 3.8) is 0 Å². The van der Waals surface area contributed by atoms with E-state index in [1.165, 1.54) is 0 Å². The molecule has 0 fully saturated rings. The lowest BCUT2D eigenvalue weighted by atomic mass is 10.1. The highest BCUT2D eigenvalue weighted by atomic mass is 79.9. The lowest BCUT2D eigenvalue weighted by Crippen LogP contribution is -3.00. The van der Waals surface area contributed by atoms with Gasteiger partial charge in [-0.3, -0.25) is 4.79 Å². The van der Waals surface area contributed by atoms with Gasteiger partial charge in [0.2, 0.25) is 12.1 Å². The second-order valence-corrected chi connectivity index (χ2v) is 9.95. The fourth-order valence-electron chi connectivity index (χ4n) is 5.28. The van der Waals surface area contributed by atoms with E-state index in [0.717, 1.165) is 55.8 Å². The molecule has 208 valence electrons. The highest BCUT2D eigenvalue weighted by Gasteiger charge is 2.20. The number of Topliss-reactive ketones (excluding diaryl/α,β-unsaturated/α-hetero) is 1. The second-order valence-electron chi connectivity index (χ2n) is 9.95. The van der Waals surface area contributed by atoms with E-state index in [0.29, 0.717) is 12.1 Å². The summed E-state index contributed by atoms with van der Waals surface area (Å²) in [5, 5.41) is 2.07. The summed E-state index contributed by atoms with van der Waals surface area (Å²) >= 11 is 0. The molecule has 3 heterocycles. The van der Waals surface area contributed by atoms with Crippen LogP contribution in [-0.2, 0) is 13.1 Å². The van der Waals surface area contributed by atoms with Crippen LogP contribution in [-0.4, -0.2) is 17.5 Å². The molecular weight excluding hydrogens is 592 g/mol. The number of rotatable bonds is 8. The van der Waals surface area contributed by atoms with Crippen molar-refractivity contribution in [1.82, 2.24) is 4.57 Å². The molecule has 0 amide bonds. The molecule has 0 aliphatic rings. The number of benzene rings is 4. The van der Waals surface area contributed by atoms with Crippen LogP contribution in [0, 0.1) is 0 Å². The van der Waals surface area contributed by atoms with E-state index < -0.39 is 0 Å². The van der Waals surface area contributed by atoms with Crippen molar-refractivity contribution < 1.29 is 39.9 Å². The molecule has 4 aromatic carbocycles. The number of nitrogens with zero attached hydrogens (tertiary/aromatic N) is 2. The third-order valence-corrected chi connectivity index (χ3v) is 7.38. The summed E-state index contributed by atoms with van der Waals surface area (Å²) in [6.07, 6.45) is 4.12. The highest BCUT2D eigenvalue weighted by Crippen LogP contribution is 2.33. The van der Waals surface area contributed by atoms with Crippen molar-refractivity contribution in [1.29, 1.82) is 0 Å². The predicted octanol–water partition coefficient (Wildman–Crippen LogP) is 4.45. The molecular formula is C35H27BrN2O4. The lowest BCUT2D eigenvalue weighted by Gasteiger charge is -2.02. The first kappa shape index (κ1) is 27.3. The molecule has 7 heteroatoms. The standard InChI is InChI=1S/C35H27N2O4.BrH/c1-39-27-16-14-24(15-17-27)31(38)22-37-23-36(29-10-4-5-11-30(29)37)19-18-28(34-20-25-8-2-6-12-32(25)40-34)35-21-26-9-3-7-13-33(26)41-35;/h2-18,20-21,23H,19,22H2,1H3;1H/q+1;/p-1. The Morgan fingerprint density at radius 2 is 1.40 bits per heavy atom. The number of halogens is 1. The van der Waals surface area contributed by atoms with Gasteiger partial charge in [0.15, 0.2) is 17.6 Å². The van der Waals surface area contributed by atoms with E-state index in [1.807, 2.05) is 89.8 Å². The maximum atomic E-state index is 13.2. The van der Waals surface area contributed by atoms with Crippen LogP contribution in [0.25, 0.3) is 38.5 Å². The van der Waals surface area contributed by atoms with Crippen molar-refractivity contribution in [3.05, 3.63) is 139 Å². The van der Waals surface area contributed by atoms with E-state index in [9.17, 15) is 4.79 Å². The second kappa shape index (κ2) is 11.5. The van der Waals surface area contributed by atoms with Crippen molar-refractivity contribution in [2.75, 3.05) is 7.11 Å². The van der Waals surface area contributed by atoms with Gasteiger partial charge in [0.1, 0.15) is 35.0 Å². The molecule has 0 atom stereocenters. The number of hydrogen-bond acceptors (Lipinski definition) is 4. The normalized spacial score (nSPS) is 11.1. The minimum absolute atomic E-state index is 0. The van der Waals surface area contributed by atoms with Crippen molar-refractivity contribution in [3.8, 4) is 5.75 Å². The van der Waals surface area contributed by atoms with Crippen molar-refractivity contribution in [2.45, 2.75) is 13.1 Å². The zero-order valence-electron chi connectivity index (χ0n) is 22.9. The SMILES string of the molecule is COc1ccc(C(=O)C[n+]2cn(CC=C(c3cc4ccccc4o3)c3cc4ccccc4o3)c3ccccc32)cc1.[Br-]. The maximum Gasteiger partial charge on any atom is 0.245 e. The number of fused-ring (bicyclic) bond motifs is 3. The molecule has 0 saturated carbocycles. The summed E-state index contributed by atoms with van der Waals surface area (Å²) < 4.78 is 21.9. The molecule has 7 aromatic rings. The average molecular weight is 620 g/mol. The Morgan fingerprint density at radius 3 is 2.02 bits per heavy atom. The van der Waals surface area contributed by atoms with Gasteiger partial charge in [-0.15, -0.1) is 0 Å². The summed E-state index contributed by atoms with van der Waals surface area (Å²) in [5.41, 5.74) is 5.18. The molecule has 3 aromatic heterocycles. The Labute approximate surface area is 252 Å². The molecule has 0 N–H and O–H groups in total. The molecule has 42 heavy (non-hydrogen) atoms. The quantitative estimate of drug-likeness (QED) is 0.187. The van der Waals surface area contributed by atoms with Crippen LogP contribution in [0.2, 0.25) is 0 Å². The van der Waals surface area contributed by atoms with Gasteiger partial charge in [-0.1, -0.05) is 48.5 Å². The van der Waals surface area contributed by atoms with E-state index in [2.05, 4.69) is 28.8 Å². The topological polar surface area (TPSA) is 61.4 Å². The molecule has 0 bridgehead atoms. The number of carbonyl (C=O) groups is 1. The zero-order chi connectivity index (χ0) is 27.8. The third kappa shape index (κ3) is 5.15. The zero-order valence-corrected chi connectivity index (χ0v) is 24.5. The van der Waals surface area contributed by atoms with Gasteiger partial charge < -0.3 is 30.6 Å². The van der Waals surface area contributed by atoms with Gasteiger partial charge in [0.25, 0.3) is 0 Å². The van der Waals surface area contributed by atoms with Gasteiger partial charge in [-0.05, 0) is 66.7 Å². The fourth-order valence-corrected chi connectivity index (χ4v) is 5.28. The van der Waals surface area contributed by atoms with E-state index in [-0.39, 0.29) is 29.3 Å². The van der Waals surface area contributed by atoms with Crippen molar-refractivity contribution >= 4 is 44.3 Å². The van der Waals surface area contributed by atoms with Crippen LogP contribution in [0.15, 0.2) is 130 Å². The average Bonchev–Trinajstić information content (AvgIpc) is 3.73. The number of aromatic nitrogens is 2. The number of imidazole rings is 1.